The van der Waals surface area contributed by atoms with Gasteiger partial charge in [-0.2, -0.15) is 5.26 Å². The number of hydrogen-bond donors (Lipinski definition) is 2. The highest BCUT2D eigenvalue weighted by atomic mass is 16.5. The number of nitriles is 1. The van der Waals surface area contributed by atoms with Gasteiger partial charge < -0.3 is 20.3 Å². The summed E-state index contributed by atoms with van der Waals surface area (Å²) in [5.74, 6) is 0. The average molecular weight is 469 g/mol. The third-order valence-corrected chi connectivity index (χ3v) is 8.05. The molecule has 4 heterocycles. The van der Waals surface area contributed by atoms with E-state index in [1.54, 1.807) is 13.3 Å². The minimum atomic E-state index is 0.194. The van der Waals surface area contributed by atoms with E-state index in [-0.39, 0.29) is 12.1 Å². The van der Waals surface area contributed by atoms with Crippen molar-refractivity contribution in [3.05, 3.63) is 64.8 Å². The number of anilines is 2. The molecule has 2 fully saturated rings. The number of aryl methyl sites for hydroxylation is 1. The number of hydrogen-bond acceptors (Lipinski definition) is 7. The zero-order chi connectivity index (χ0) is 24.1. The topological polar surface area (TPSA) is 76.5 Å². The minimum absolute atomic E-state index is 0.194. The molecule has 0 spiro atoms. The Bertz CT molecular complexity index is 1320. The molecular weight excluding hydrogens is 436 g/mol. The van der Waals surface area contributed by atoms with E-state index in [1.807, 2.05) is 12.1 Å². The summed E-state index contributed by atoms with van der Waals surface area (Å²) in [5, 5.41) is 17.8. The van der Waals surface area contributed by atoms with Gasteiger partial charge in [0.05, 0.1) is 29.3 Å². The fraction of sp³-hybridized carbons (Fsp3) is 0.429. The van der Waals surface area contributed by atoms with Gasteiger partial charge in [0.2, 0.25) is 0 Å². The molecule has 7 heteroatoms. The van der Waals surface area contributed by atoms with Crippen LogP contribution in [0.2, 0.25) is 0 Å². The van der Waals surface area contributed by atoms with Crippen molar-refractivity contribution in [2.45, 2.75) is 44.6 Å². The fourth-order valence-corrected chi connectivity index (χ4v) is 6.20. The molecule has 4 atom stereocenters. The maximum absolute atomic E-state index is 9.55. The van der Waals surface area contributed by atoms with Gasteiger partial charge in [0.1, 0.15) is 6.07 Å². The highest BCUT2D eigenvalue weighted by Gasteiger charge is 2.40. The van der Waals surface area contributed by atoms with Gasteiger partial charge in [-0.15, -0.1) is 0 Å². The number of nitrogens with one attached hydrogen (secondary N) is 2. The standard InChI is InChI=1S/C28H32N6O/c1-17-9-22-20(10-23(17)32-24-12-30-13-27(24)35-3)15-34-18(2)14-33(16-26(22)34)25-7-6-19(11-29)28-21(25)5-4-8-31-28/h4-10,18,24,26-27,30,32H,12-16H2,1-3H3/t18-,24-,26-,27-/m1/s1. The van der Waals surface area contributed by atoms with Crippen LogP contribution in [0.5, 0.6) is 0 Å². The molecule has 7 nitrogen and oxygen atoms in total. The monoisotopic (exact) mass is 468 g/mol. The molecule has 2 N–H and O–H groups in total. The van der Waals surface area contributed by atoms with Crippen molar-refractivity contribution in [1.29, 1.82) is 5.26 Å². The Morgan fingerprint density at radius 2 is 2.09 bits per heavy atom. The summed E-state index contributed by atoms with van der Waals surface area (Å²) in [6.45, 7) is 9.21. The summed E-state index contributed by atoms with van der Waals surface area (Å²) in [6, 6.07) is 16.2. The molecule has 2 saturated heterocycles. The number of rotatable bonds is 4. The second kappa shape index (κ2) is 8.80. The lowest BCUT2D eigenvalue weighted by Crippen LogP contribution is -2.51. The molecule has 180 valence electrons. The number of ether oxygens (including phenoxy) is 1. The first-order chi connectivity index (χ1) is 17.1. The SMILES string of the molecule is CO[C@@H]1CNC[C@H]1Nc1cc2c(cc1C)[C@H]1CN(c3ccc(C#N)c4ncccc34)C[C@@H](C)N1C2. The van der Waals surface area contributed by atoms with E-state index in [0.717, 1.165) is 43.6 Å². The fourth-order valence-electron chi connectivity index (χ4n) is 6.20. The second-order valence-corrected chi connectivity index (χ2v) is 10.1. The molecule has 2 aromatic carbocycles. The molecule has 0 bridgehead atoms. The minimum Gasteiger partial charge on any atom is -0.378 e. The highest BCUT2D eigenvalue weighted by molar-refractivity contribution is 5.95. The number of nitrogens with zero attached hydrogens (tertiary/aromatic N) is 4. The van der Waals surface area contributed by atoms with Gasteiger partial charge in [-0.3, -0.25) is 9.88 Å². The zero-order valence-electron chi connectivity index (χ0n) is 20.6. The molecule has 0 amide bonds. The Hall–Kier alpha value is -3.18. The van der Waals surface area contributed by atoms with Crippen molar-refractivity contribution >= 4 is 22.3 Å². The Labute approximate surface area is 206 Å². The van der Waals surface area contributed by atoms with E-state index in [4.69, 9.17) is 4.74 Å². The maximum Gasteiger partial charge on any atom is 0.101 e. The first-order valence-corrected chi connectivity index (χ1v) is 12.5. The molecule has 3 aliphatic rings. The maximum atomic E-state index is 9.55. The average Bonchev–Trinajstić information content (AvgIpc) is 3.47. The number of aromatic nitrogens is 1. The van der Waals surface area contributed by atoms with Gasteiger partial charge in [-0.25, -0.2) is 0 Å². The molecule has 0 unspecified atom stereocenters. The summed E-state index contributed by atoms with van der Waals surface area (Å²) in [5.41, 5.74) is 7.94. The Kier molecular flexibility index (Phi) is 5.60. The largest absolute Gasteiger partial charge is 0.378 e. The van der Waals surface area contributed by atoms with E-state index in [0.29, 0.717) is 17.6 Å². The van der Waals surface area contributed by atoms with Gasteiger partial charge in [0.25, 0.3) is 0 Å². The quantitative estimate of drug-likeness (QED) is 0.606. The lowest BCUT2D eigenvalue weighted by Gasteiger charge is -2.44. The van der Waals surface area contributed by atoms with Crippen LogP contribution < -0.4 is 15.5 Å². The van der Waals surface area contributed by atoms with Crippen molar-refractivity contribution < 1.29 is 4.74 Å². The number of benzene rings is 2. The van der Waals surface area contributed by atoms with Gasteiger partial charge in [0.15, 0.2) is 0 Å². The summed E-state index contributed by atoms with van der Waals surface area (Å²) < 4.78 is 5.66. The van der Waals surface area contributed by atoms with E-state index < -0.39 is 0 Å². The first-order valence-electron chi connectivity index (χ1n) is 12.5. The Morgan fingerprint density at radius 3 is 2.91 bits per heavy atom. The number of piperazine rings is 1. The highest BCUT2D eigenvalue weighted by Crippen LogP contribution is 2.43. The van der Waals surface area contributed by atoms with E-state index >= 15 is 0 Å². The lowest BCUT2D eigenvalue weighted by atomic mass is 9.97. The molecule has 3 aliphatic heterocycles. The number of fused-ring (bicyclic) bond motifs is 4. The summed E-state index contributed by atoms with van der Waals surface area (Å²) in [4.78, 5) is 9.65. The van der Waals surface area contributed by atoms with Crippen LogP contribution >= 0.6 is 0 Å². The smallest absolute Gasteiger partial charge is 0.101 e. The lowest BCUT2D eigenvalue weighted by molar-refractivity contribution is 0.111. The van der Waals surface area contributed by atoms with Crippen LogP contribution in [0.3, 0.4) is 0 Å². The molecule has 0 aliphatic carbocycles. The van der Waals surface area contributed by atoms with Crippen molar-refractivity contribution in [2.24, 2.45) is 0 Å². The molecular formula is C28H32N6O. The third-order valence-electron chi connectivity index (χ3n) is 8.05. The summed E-state index contributed by atoms with van der Waals surface area (Å²) in [7, 11) is 1.79. The first kappa shape index (κ1) is 22.3. The van der Waals surface area contributed by atoms with Crippen LogP contribution in [0.15, 0.2) is 42.6 Å². The second-order valence-electron chi connectivity index (χ2n) is 10.1. The Balaban J connectivity index is 1.31. The molecule has 35 heavy (non-hydrogen) atoms. The predicted molar refractivity (Wildman–Crippen MR) is 139 cm³/mol. The van der Waals surface area contributed by atoms with Crippen LogP contribution in [0, 0.1) is 18.3 Å². The molecule has 0 radical (unpaired) electrons. The third kappa shape index (κ3) is 3.73. The van der Waals surface area contributed by atoms with Crippen LogP contribution in [-0.4, -0.2) is 61.4 Å². The number of pyridine rings is 1. The van der Waals surface area contributed by atoms with Crippen molar-refractivity contribution in [1.82, 2.24) is 15.2 Å². The Morgan fingerprint density at radius 1 is 1.20 bits per heavy atom. The molecule has 6 rings (SSSR count). The summed E-state index contributed by atoms with van der Waals surface area (Å²) in [6.07, 6.45) is 1.96. The van der Waals surface area contributed by atoms with Crippen molar-refractivity contribution in [3.8, 4) is 6.07 Å². The van der Waals surface area contributed by atoms with Crippen LogP contribution in [0.4, 0.5) is 11.4 Å². The van der Waals surface area contributed by atoms with E-state index in [1.165, 1.54) is 28.1 Å². The molecule has 1 aromatic heterocycles. The van der Waals surface area contributed by atoms with Gasteiger partial charge in [-0.1, -0.05) is 6.07 Å². The predicted octanol–water partition coefficient (Wildman–Crippen LogP) is 3.58. The van der Waals surface area contributed by atoms with Gasteiger partial charge in [-0.05, 0) is 60.9 Å². The summed E-state index contributed by atoms with van der Waals surface area (Å²) >= 11 is 0. The van der Waals surface area contributed by atoms with E-state index in [2.05, 4.69) is 69.6 Å². The van der Waals surface area contributed by atoms with Gasteiger partial charge in [0, 0.05) is 68.8 Å². The van der Waals surface area contributed by atoms with E-state index in [9.17, 15) is 5.26 Å². The van der Waals surface area contributed by atoms with Crippen LogP contribution in [0.25, 0.3) is 10.9 Å². The normalized spacial score (nSPS) is 25.9. The molecule has 3 aromatic rings. The molecule has 0 saturated carbocycles. The van der Waals surface area contributed by atoms with Crippen molar-refractivity contribution in [3.63, 3.8) is 0 Å². The van der Waals surface area contributed by atoms with Crippen LogP contribution in [0.1, 0.15) is 35.2 Å². The number of methoxy groups -OCH3 is 1. The zero-order valence-corrected chi connectivity index (χ0v) is 20.6. The van der Waals surface area contributed by atoms with Crippen LogP contribution in [-0.2, 0) is 11.3 Å². The van der Waals surface area contributed by atoms with Crippen molar-refractivity contribution in [2.75, 3.05) is 43.5 Å². The van der Waals surface area contributed by atoms with Gasteiger partial charge >= 0.3 is 0 Å².